The number of anilines is 1. The molecule has 158 valence electrons. The third-order valence-corrected chi connectivity index (χ3v) is 7.47. The van der Waals surface area contributed by atoms with E-state index in [1.54, 1.807) is 0 Å². The molecule has 1 aromatic heterocycles. The number of amides is 1. The molecule has 1 saturated heterocycles. The molecule has 8 heteroatoms. The second-order valence-corrected chi connectivity index (χ2v) is 10.5. The largest absolute Gasteiger partial charge is 0.326 e. The van der Waals surface area contributed by atoms with Crippen LogP contribution >= 0.6 is 0 Å². The van der Waals surface area contributed by atoms with Gasteiger partial charge in [0.25, 0.3) is 5.91 Å². The highest BCUT2D eigenvalue weighted by Crippen LogP contribution is 2.26. The summed E-state index contributed by atoms with van der Waals surface area (Å²) in [6.07, 6.45) is 0.616. The molecule has 2 atom stereocenters. The topological polar surface area (TPSA) is 85.5 Å². The van der Waals surface area contributed by atoms with E-state index in [-0.39, 0.29) is 23.5 Å². The lowest BCUT2D eigenvalue weighted by Gasteiger charge is -2.16. The zero-order valence-electron chi connectivity index (χ0n) is 17.9. The molecule has 0 spiro atoms. The first-order valence-corrected chi connectivity index (χ1v) is 11.8. The van der Waals surface area contributed by atoms with Crippen molar-refractivity contribution in [3.05, 3.63) is 46.3 Å². The Kier molecular flexibility index (Phi) is 6.14. The average molecular weight is 420 g/mol. The maximum atomic E-state index is 12.6. The van der Waals surface area contributed by atoms with Gasteiger partial charge < -0.3 is 10.2 Å². The SMILES string of the molecule is Cc1cccc(C)c1NC(=O)C[NH+](C)Cc1c(C)nn([C@H]2CCS(=O)(=O)C2)c1C. The average Bonchev–Trinajstić information content (AvgIpc) is 3.12. The molecule has 0 aliphatic carbocycles. The Balaban J connectivity index is 1.66. The highest BCUT2D eigenvalue weighted by molar-refractivity contribution is 7.91. The Morgan fingerprint density at radius 2 is 1.90 bits per heavy atom. The molecule has 29 heavy (non-hydrogen) atoms. The van der Waals surface area contributed by atoms with Crippen LogP contribution in [0.15, 0.2) is 18.2 Å². The van der Waals surface area contributed by atoms with Crippen LogP contribution in [-0.2, 0) is 21.2 Å². The fraction of sp³-hybridized carbons (Fsp3) is 0.524. The van der Waals surface area contributed by atoms with Crippen molar-refractivity contribution in [2.24, 2.45) is 0 Å². The molecule has 1 aliphatic rings. The number of aryl methyl sites for hydroxylation is 3. The molecule has 2 aromatic rings. The van der Waals surface area contributed by atoms with Gasteiger partial charge in [0.1, 0.15) is 6.54 Å². The molecule has 0 bridgehead atoms. The summed E-state index contributed by atoms with van der Waals surface area (Å²) in [6.45, 7) is 8.93. The van der Waals surface area contributed by atoms with Gasteiger partial charge in [-0.15, -0.1) is 0 Å². The van der Waals surface area contributed by atoms with Crippen molar-refractivity contribution in [3.63, 3.8) is 0 Å². The summed E-state index contributed by atoms with van der Waals surface area (Å²) in [7, 11) is -0.972. The maximum Gasteiger partial charge on any atom is 0.279 e. The van der Waals surface area contributed by atoms with E-state index >= 15 is 0 Å². The van der Waals surface area contributed by atoms with E-state index in [0.29, 0.717) is 19.5 Å². The molecule has 3 rings (SSSR count). The number of para-hydroxylation sites is 1. The molecule has 2 heterocycles. The van der Waals surface area contributed by atoms with Crippen molar-refractivity contribution in [1.29, 1.82) is 0 Å². The van der Waals surface area contributed by atoms with Crippen LogP contribution in [0.4, 0.5) is 5.69 Å². The molecule has 0 saturated carbocycles. The molecule has 1 aliphatic heterocycles. The fourth-order valence-electron chi connectivity index (χ4n) is 4.11. The van der Waals surface area contributed by atoms with Crippen molar-refractivity contribution in [3.8, 4) is 0 Å². The quantitative estimate of drug-likeness (QED) is 0.735. The number of aromatic nitrogens is 2. The molecular weight excluding hydrogens is 388 g/mol. The number of quaternary nitrogens is 1. The van der Waals surface area contributed by atoms with Crippen LogP contribution < -0.4 is 10.2 Å². The van der Waals surface area contributed by atoms with E-state index in [9.17, 15) is 13.2 Å². The fourth-order valence-corrected chi connectivity index (χ4v) is 5.80. The minimum atomic E-state index is -2.96. The highest BCUT2D eigenvalue weighted by Gasteiger charge is 2.32. The number of nitrogens with one attached hydrogen (secondary N) is 2. The van der Waals surface area contributed by atoms with Crippen LogP contribution in [-0.4, -0.2) is 49.2 Å². The van der Waals surface area contributed by atoms with Crippen molar-refractivity contribution < 1.29 is 18.1 Å². The van der Waals surface area contributed by atoms with Crippen molar-refractivity contribution >= 4 is 21.4 Å². The Bertz CT molecular complexity index is 1010. The molecule has 1 amide bonds. The Morgan fingerprint density at radius 3 is 2.48 bits per heavy atom. The summed E-state index contributed by atoms with van der Waals surface area (Å²) in [6, 6.07) is 5.88. The molecule has 1 unspecified atom stereocenters. The first kappa shape index (κ1) is 21.5. The molecule has 1 aromatic carbocycles. The van der Waals surface area contributed by atoms with Crippen LogP contribution in [0.25, 0.3) is 0 Å². The first-order valence-electron chi connectivity index (χ1n) is 9.99. The van der Waals surface area contributed by atoms with E-state index in [4.69, 9.17) is 0 Å². The van der Waals surface area contributed by atoms with E-state index in [2.05, 4.69) is 10.4 Å². The van der Waals surface area contributed by atoms with E-state index < -0.39 is 9.84 Å². The number of benzene rings is 1. The third kappa shape index (κ3) is 4.87. The number of nitrogens with zero attached hydrogens (tertiary/aromatic N) is 2. The van der Waals surface area contributed by atoms with Crippen LogP contribution in [0.3, 0.4) is 0 Å². The van der Waals surface area contributed by atoms with Gasteiger partial charge in [-0.1, -0.05) is 18.2 Å². The van der Waals surface area contributed by atoms with Gasteiger partial charge in [-0.2, -0.15) is 5.10 Å². The summed E-state index contributed by atoms with van der Waals surface area (Å²) < 4.78 is 25.5. The van der Waals surface area contributed by atoms with Crippen molar-refractivity contribution in [2.75, 3.05) is 30.4 Å². The number of carbonyl (C=O) groups is 1. The highest BCUT2D eigenvalue weighted by atomic mass is 32.2. The normalized spacial score (nSPS) is 19.3. The summed E-state index contributed by atoms with van der Waals surface area (Å²) in [5.41, 5.74) is 5.98. The lowest BCUT2D eigenvalue weighted by Crippen LogP contribution is -3.08. The standard InChI is InChI=1S/C21H30N4O3S/c1-14-7-6-8-15(2)21(14)22-20(26)12-24(5)11-19-16(3)23-25(17(19)4)18-9-10-29(27,28)13-18/h6-8,18H,9-13H2,1-5H3,(H,22,26)/p+1/t18-/m0/s1. The monoisotopic (exact) mass is 419 g/mol. The second kappa shape index (κ2) is 8.28. The lowest BCUT2D eigenvalue weighted by molar-refractivity contribution is -0.885. The van der Waals surface area contributed by atoms with E-state index in [0.717, 1.165) is 38.7 Å². The molecule has 0 radical (unpaired) electrons. The minimum Gasteiger partial charge on any atom is -0.326 e. The smallest absolute Gasteiger partial charge is 0.279 e. The predicted molar refractivity (Wildman–Crippen MR) is 114 cm³/mol. The van der Waals surface area contributed by atoms with Gasteiger partial charge in [-0.3, -0.25) is 9.48 Å². The van der Waals surface area contributed by atoms with Gasteiger partial charge >= 0.3 is 0 Å². The third-order valence-electron chi connectivity index (χ3n) is 5.72. The van der Waals surface area contributed by atoms with Gasteiger partial charge in [0.2, 0.25) is 0 Å². The number of carbonyl (C=O) groups excluding carboxylic acids is 1. The Labute approximate surface area is 173 Å². The summed E-state index contributed by atoms with van der Waals surface area (Å²) in [5.74, 6) is 0.370. The summed E-state index contributed by atoms with van der Waals surface area (Å²) >= 11 is 0. The molecule has 7 nitrogen and oxygen atoms in total. The van der Waals surface area contributed by atoms with Crippen LogP contribution in [0.1, 0.15) is 40.5 Å². The Hall–Kier alpha value is -2.19. The zero-order chi connectivity index (χ0) is 21.3. The van der Waals surface area contributed by atoms with Crippen LogP contribution in [0.2, 0.25) is 0 Å². The summed E-state index contributed by atoms with van der Waals surface area (Å²) in [5, 5.41) is 7.66. The number of hydrogen-bond donors (Lipinski definition) is 2. The summed E-state index contributed by atoms with van der Waals surface area (Å²) in [4.78, 5) is 13.6. The number of rotatable bonds is 6. The molecular formula is C21H31N4O3S+. The lowest BCUT2D eigenvalue weighted by atomic mass is 10.1. The molecule has 1 fully saturated rings. The van der Waals surface area contributed by atoms with Crippen LogP contribution in [0.5, 0.6) is 0 Å². The van der Waals surface area contributed by atoms with Crippen LogP contribution in [0, 0.1) is 27.7 Å². The zero-order valence-corrected chi connectivity index (χ0v) is 18.7. The molecule has 2 N–H and O–H groups in total. The number of sulfone groups is 1. The van der Waals surface area contributed by atoms with Gasteiger partial charge in [0.15, 0.2) is 16.4 Å². The van der Waals surface area contributed by atoms with E-state index in [1.165, 1.54) is 0 Å². The predicted octanol–water partition coefficient (Wildman–Crippen LogP) is 1.13. The van der Waals surface area contributed by atoms with Crippen molar-refractivity contribution in [2.45, 2.75) is 46.7 Å². The Morgan fingerprint density at radius 1 is 1.24 bits per heavy atom. The number of likely N-dealkylation sites (N-methyl/N-ethyl adjacent to an activating group) is 1. The first-order chi connectivity index (χ1) is 13.6. The van der Waals surface area contributed by atoms with E-state index in [1.807, 2.05) is 57.6 Å². The van der Waals surface area contributed by atoms with Gasteiger partial charge in [-0.05, 0) is 45.2 Å². The minimum absolute atomic E-state index is 0.0236. The second-order valence-electron chi connectivity index (χ2n) is 8.28. The van der Waals surface area contributed by atoms with Gasteiger partial charge in [0.05, 0.1) is 35.9 Å². The van der Waals surface area contributed by atoms with Gasteiger partial charge in [0, 0.05) is 11.4 Å². The van der Waals surface area contributed by atoms with Gasteiger partial charge in [-0.25, -0.2) is 8.42 Å². The maximum absolute atomic E-state index is 12.6. The number of hydrogen-bond acceptors (Lipinski definition) is 4. The van der Waals surface area contributed by atoms with Crippen molar-refractivity contribution in [1.82, 2.24) is 9.78 Å².